The van der Waals surface area contributed by atoms with Crippen molar-refractivity contribution in [2.75, 3.05) is 0 Å². The molecule has 0 aliphatic heterocycles. The Labute approximate surface area is 177 Å². The Kier molecular flexibility index (Phi) is 6.80. The Bertz CT molecular complexity index is 821. The van der Waals surface area contributed by atoms with Crippen LogP contribution in [0.4, 0.5) is 4.39 Å². The first-order valence-electron chi connectivity index (χ1n) is 11.4. The van der Waals surface area contributed by atoms with Crippen molar-refractivity contribution in [3.8, 4) is 0 Å². The van der Waals surface area contributed by atoms with E-state index in [0.29, 0.717) is 24.1 Å². The fraction of sp³-hybridized carbons (Fsp3) is 0.625. The molecule has 0 saturated heterocycles. The van der Waals surface area contributed by atoms with E-state index in [-0.39, 0.29) is 23.8 Å². The topological polar surface area (TPSA) is 65.2 Å². The molecule has 0 bridgehead atoms. The van der Waals surface area contributed by atoms with Crippen LogP contribution in [0.3, 0.4) is 0 Å². The number of hydrogen-bond acceptors (Lipinski definition) is 5. The van der Waals surface area contributed by atoms with Gasteiger partial charge in [-0.2, -0.15) is 4.98 Å². The van der Waals surface area contributed by atoms with Crippen molar-refractivity contribution in [1.29, 1.82) is 0 Å². The third kappa shape index (κ3) is 5.27. The Morgan fingerprint density at radius 1 is 1.07 bits per heavy atom. The number of carbonyl (C=O) groups is 1. The lowest BCUT2D eigenvalue weighted by Gasteiger charge is -2.38. The minimum atomic E-state index is -0.336. The molecule has 0 unspecified atom stereocenters. The number of carbonyl (C=O) groups excluding carboxylic acids is 1. The van der Waals surface area contributed by atoms with Crippen LogP contribution in [0, 0.1) is 17.2 Å². The van der Waals surface area contributed by atoms with E-state index in [4.69, 9.17) is 9.26 Å². The van der Waals surface area contributed by atoms with Gasteiger partial charge in [0.25, 0.3) is 5.89 Å². The molecule has 5 nitrogen and oxygen atoms in total. The summed E-state index contributed by atoms with van der Waals surface area (Å²) in [5.74, 6) is 1.09. The zero-order valence-electron chi connectivity index (χ0n) is 17.6. The van der Waals surface area contributed by atoms with Gasteiger partial charge in [0.1, 0.15) is 5.82 Å². The molecule has 1 heterocycles. The van der Waals surface area contributed by atoms with Gasteiger partial charge in [0.15, 0.2) is 12.4 Å². The monoisotopic (exact) mass is 414 g/mol. The Morgan fingerprint density at radius 2 is 1.77 bits per heavy atom. The predicted octanol–water partition coefficient (Wildman–Crippen LogP) is 5.76. The van der Waals surface area contributed by atoms with Gasteiger partial charge >= 0.3 is 5.97 Å². The van der Waals surface area contributed by atoms with Crippen LogP contribution in [-0.2, 0) is 22.6 Å². The predicted molar refractivity (Wildman–Crippen MR) is 110 cm³/mol. The first-order valence-corrected chi connectivity index (χ1v) is 11.4. The summed E-state index contributed by atoms with van der Waals surface area (Å²) in [6.07, 6.45) is 13.1. The normalized spacial score (nSPS) is 19.5. The number of halogens is 1. The van der Waals surface area contributed by atoms with Crippen molar-refractivity contribution >= 4 is 5.97 Å². The summed E-state index contributed by atoms with van der Waals surface area (Å²) in [7, 11) is 0. The molecule has 0 radical (unpaired) electrons. The van der Waals surface area contributed by atoms with Gasteiger partial charge in [-0.15, -0.1) is 0 Å². The van der Waals surface area contributed by atoms with Crippen molar-refractivity contribution < 1.29 is 18.4 Å². The molecule has 162 valence electrons. The second kappa shape index (κ2) is 9.71. The maximum atomic E-state index is 13.1. The van der Waals surface area contributed by atoms with E-state index in [1.807, 2.05) is 0 Å². The maximum absolute atomic E-state index is 13.1. The molecule has 30 heavy (non-hydrogen) atoms. The standard InChI is InChI=1S/C24H31FN2O3/c25-20-11-9-18(10-12-20)15-21-26-22(30-27-21)17-29-23(28)24(13-5-2-6-14-24)16-19-7-3-1-4-8-19/h9-12,19H,1-8,13-17H2. The Morgan fingerprint density at radius 3 is 2.50 bits per heavy atom. The van der Waals surface area contributed by atoms with E-state index < -0.39 is 0 Å². The number of esters is 1. The van der Waals surface area contributed by atoms with Gasteiger partial charge in [-0.1, -0.05) is 68.7 Å². The van der Waals surface area contributed by atoms with Crippen molar-refractivity contribution in [3.63, 3.8) is 0 Å². The van der Waals surface area contributed by atoms with Crippen LogP contribution < -0.4 is 0 Å². The summed E-state index contributed by atoms with van der Waals surface area (Å²) in [5.41, 5.74) is 0.561. The maximum Gasteiger partial charge on any atom is 0.312 e. The van der Waals surface area contributed by atoms with E-state index >= 15 is 0 Å². The molecular formula is C24H31FN2O3. The first kappa shape index (κ1) is 21.0. The van der Waals surface area contributed by atoms with E-state index in [9.17, 15) is 9.18 Å². The summed E-state index contributed by atoms with van der Waals surface area (Å²) >= 11 is 0. The summed E-state index contributed by atoms with van der Waals surface area (Å²) in [4.78, 5) is 17.5. The zero-order chi connectivity index (χ0) is 20.8. The van der Waals surface area contributed by atoms with Gasteiger partial charge in [0, 0.05) is 6.42 Å². The lowest BCUT2D eigenvalue weighted by molar-refractivity contribution is -0.162. The van der Waals surface area contributed by atoms with Crippen LogP contribution >= 0.6 is 0 Å². The van der Waals surface area contributed by atoms with Crippen molar-refractivity contribution in [2.45, 2.75) is 83.7 Å². The molecule has 1 aromatic heterocycles. The summed E-state index contributed by atoms with van der Waals surface area (Å²) in [5, 5.41) is 3.96. The third-order valence-electron chi connectivity index (χ3n) is 6.76. The van der Waals surface area contributed by atoms with Crippen molar-refractivity contribution in [2.24, 2.45) is 11.3 Å². The highest BCUT2D eigenvalue weighted by Crippen LogP contribution is 2.45. The average molecular weight is 415 g/mol. The molecular weight excluding hydrogens is 383 g/mol. The minimum Gasteiger partial charge on any atom is -0.455 e. The second-order valence-corrected chi connectivity index (χ2v) is 9.03. The van der Waals surface area contributed by atoms with E-state index in [1.165, 1.54) is 50.7 Å². The number of benzene rings is 1. The van der Waals surface area contributed by atoms with Gasteiger partial charge in [-0.25, -0.2) is 4.39 Å². The Balaban J connectivity index is 1.35. The Hall–Kier alpha value is -2.24. The summed E-state index contributed by atoms with van der Waals surface area (Å²) in [6, 6.07) is 6.22. The molecule has 2 saturated carbocycles. The second-order valence-electron chi connectivity index (χ2n) is 9.03. The summed E-state index contributed by atoms with van der Waals surface area (Å²) < 4.78 is 24.0. The van der Waals surface area contributed by atoms with E-state index in [0.717, 1.165) is 37.7 Å². The van der Waals surface area contributed by atoms with Crippen LogP contribution in [0.15, 0.2) is 28.8 Å². The molecule has 0 spiro atoms. The van der Waals surface area contributed by atoms with Crippen LogP contribution in [-0.4, -0.2) is 16.1 Å². The number of nitrogens with zero attached hydrogens (tertiary/aromatic N) is 2. The average Bonchev–Trinajstić information content (AvgIpc) is 3.22. The molecule has 2 fully saturated rings. The molecule has 2 aromatic rings. The van der Waals surface area contributed by atoms with Gasteiger partial charge in [-0.05, 0) is 42.9 Å². The highest BCUT2D eigenvalue weighted by atomic mass is 19.1. The highest BCUT2D eigenvalue weighted by molar-refractivity contribution is 5.77. The number of aromatic nitrogens is 2. The third-order valence-corrected chi connectivity index (χ3v) is 6.76. The molecule has 0 atom stereocenters. The number of rotatable bonds is 7. The molecule has 6 heteroatoms. The largest absolute Gasteiger partial charge is 0.455 e. The molecule has 4 rings (SSSR count). The van der Waals surface area contributed by atoms with E-state index in [2.05, 4.69) is 10.1 Å². The van der Waals surface area contributed by atoms with E-state index in [1.54, 1.807) is 12.1 Å². The molecule has 1 aromatic carbocycles. The van der Waals surface area contributed by atoms with Crippen LogP contribution in [0.25, 0.3) is 0 Å². The SMILES string of the molecule is O=C(OCc1nc(Cc2ccc(F)cc2)no1)C1(CC2CCCCC2)CCCCC1. The van der Waals surface area contributed by atoms with Gasteiger partial charge in [0.05, 0.1) is 5.41 Å². The smallest absolute Gasteiger partial charge is 0.312 e. The van der Waals surface area contributed by atoms with Gasteiger partial charge < -0.3 is 9.26 Å². The number of ether oxygens (including phenoxy) is 1. The fourth-order valence-electron chi connectivity index (χ4n) is 5.15. The van der Waals surface area contributed by atoms with Crippen molar-refractivity contribution in [1.82, 2.24) is 10.1 Å². The molecule has 0 amide bonds. The quantitative estimate of drug-likeness (QED) is 0.539. The molecule has 0 N–H and O–H groups in total. The fourth-order valence-corrected chi connectivity index (χ4v) is 5.15. The van der Waals surface area contributed by atoms with Gasteiger partial charge in [-0.3, -0.25) is 4.79 Å². The van der Waals surface area contributed by atoms with Crippen LogP contribution in [0.5, 0.6) is 0 Å². The number of hydrogen-bond donors (Lipinski definition) is 0. The molecule has 2 aliphatic carbocycles. The zero-order valence-corrected chi connectivity index (χ0v) is 17.6. The van der Waals surface area contributed by atoms with Crippen LogP contribution in [0.2, 0.25) is 0 Å². The first-order chi connectivity index (χ1) is 14.6. The lowest BCUT2D eigenvalue weighted by Crippen LogP contribution is -2.37. The van der Waals surface area contributed by atoms with Crippen molar-refractivity contribution in [3.05, 3.63) is 47.4 Å². The van der Waals surface area contributed by atoms with Crippen LogP contribution in [0.1, 0.15) is 87.9 Å². The van der Waals surface area contributed by atoms with Gasteiger partial charge in [0.2, 0.25) is 0 Å². The molecule has 2 aliphatic rings. The summed E-state index contributed by atoms with van der Waals surface area (Å²) in [6.45, 7) is 0.0155. The minimum absolute atomic E-state index is 0.0155. The highest BCUT2D eigenvalue weighted by Gasteiger charge is 2.42. The lowest BCUT2D eigenvalue weighted by atomic mass is 9.67.